The van der Waals surface area contributed by atoms with Gasteiger partial charge in [-0.05, 0) is 49.0 Å². The Kier molecular flexibility index (Phi) is 3.52. The molecule has 2 N–H and O–H groups in total. The van der Waals surface area contributed by atoms with Crippen LogP contribution in [0.25, 0.3) is 0 Å². The molecule has 0 aromatic heterocycles. The summed E-state index contributed by atoms with van der Waals surface area (Å²) < 4.78 is 0. The highest BCUT2D eigenvalue weighted by atomic mass is 15.2. The van der Waals surface area contributed by atoms with Crippen LogP contribution >= 0.6 is 0 Å². The fourth-order valence-corrected chi connectivity index (χ4v) is 2.27. The minimum Gasteiger partial charge on any atom is -0.385 e. The molecular weight excluding hydrogens is 208 g/mol. The zero-order valence-corrected chi connectivity index (χ0v) is 10.4. The van der Waals surface area contributed by atoms with Gasteiger partial charge in [-0.3, -0.25) is 0 Å². The molecule has 2 nitrogen and oxygen atoms in total. The average Bonchev–Trinajstić information content (AvgIpc) is 2.39. The summed E-state index contributed by atoms with van der Waals surface area (Å²) in [5.41, 5.74) is 9.82. The van der Waals surface area contributed by atoms with Gasteiger partial charge >= 0.3 is 0 Å². The van der Waals surface area contributed by atoms with Crippen LogP contribution in [0.4, 0.5) is 5.69 Å². The Balaban J connectivity index is 2.27. The summed E-state index contributed by atoms with van der Waals surface area (Å²) in [6, 6.07) is 10.2. The topological polar surface area (TPSA) is 29.3 Å². The summed E-state index contributed by atoms with van der Waals surface area (Å²) in [6.07, 6.45) is 4.60. The average molecular weight is 228 g/mol. The first-order chi connectivity index (χ1) is 8.20. The lowest BCUT2D eigenvalue weighted by atomic mass is 9.90. The summed E-state index contributed by atoms with van der Waals surface area (Å²) in [4.78, 5) is 2.05. The highest BCUT2D eigenvalue weighted by Gasteiger charge is 2.15. The molecule has 0 atom stereocenters. The van der Waals surface area contributed by atoms with Crippen molar-refractivity contribution in [2.24, 2.45) is 5.73 Å². The molecule has 1 aliphatic carbocycles. The van der Waals surface area contributed by atoms with Crippen LogP contribution < -0.4 is 10.6 Å². The van der Waals surface area contributed by atoms with Gasteiger partial charge in [-0.2, -0.15) is 0 Å². The first-order valence-corrected chi connectivity index (χ1v) is 6.15. The molecule has 1 saturated carbocycles. The van der Waals surface area contributed by atoms with Gasteiger partial charge < -0.3 is 10.6 Å². The van der Waals surface area contributed by atoms with Crippen LogP contribution in [0, 0.1) is 0 Å². The van der Waals surface area contributed by atoms with Gasteiger partial charge in [-0.1, -0.05) is 24.8 Å². The second-order valence-corrected chi connectivity index (χ2v) is 4.57. The molecule has 2 rings (SSSR count). The summed E-state index contributed by atoms with van der Waals surface area (Å²) in [5.74, 6) is 0.848. The Labute approximate surface area is 103 Å². The molecule has 0 bridgehead atoms. The Hall–Kier alpha value is -1.70. The zero-order valence-electron chi connectivity index (χ0n) is 10.4. The molecule has 0 aliphatic heterocycles. The Morgan fingerprint density at radius 1 is 1.18 bits per heavy atom. The highest BCUT2D eigenvalue weighted by Crippen LogP contribution is 2.30. The van der Waals surface area contributed by atoms with Gasteiger partial charge in [0, 0.05) is 12.7 Å². The summed E-state index contributed by atoms with van der Waals surface area (Å²) in [5, 5.41) is 0. The molecule has 1 fully saturated rings. The normalized spacial score (nSPS) is 19.0. The highest BCUT2D eigenvalue weighted by molar-refractivity contribution is 5.53. The van der Waals surface area contributed by atoms with Crippen molar-refractivity contribution >= 4 is 5.69 Å². The number of nitrogens with two attached hydrogens (primary N) is 1. The van der Waals surface area contributed by atoms with E-state index < -0.39 is 0 Å². The van der Waals surface area contributed by atoms with Crippen LogP contribution in [-0.4, -0.2) is 7.05 Å². The minimum atomic E-state index is 0.848. The predicted molar refractivity (Wildman–Crippen MR) is 73.7 cm³/mol. The van der Waals surface area contributed by atoms with Crippen molar-refractivity contribution in [2.45, 2.75) is 25.7 Å². The number of nitrogens with zero attached hydrogens (tertiary/aromatic N) is 1. The largest absolute Gasteiger partial charge is 0.385 e. The van der Waals surface area contributed by atoms with Gasteiger partial charge in [-0.25, -0.2) is 0 Å². The molecule has 0 amide bonds. The first-order valence-electron chi connectivity index (χ1n) is 6.15. The lowest BCUT2D eigenvalue weighted by molar-refractivity contribution is 0.671. The van der Waals surface area contributed by atoms with E-state index in [4.69, 9.17) is 5.73 Å². The third kappa shape index (κ3) is 2.52. The van der Waals surface area contributed by atoms with E-state index in [1.807, 2.05) is 30.1 Å². The molecule has 1 aromatic carbocycles. The first kappa shape index (κ1) is 11.8. The van der Waals surface area contributed by atoms with Crippen molar-refractivity contribution in [3.63, 3.8) is 0 Å². The van der Waals surface area contributed by atoms with E-state index in [0.717, 1.165) is 24.4 Å². The minimum absolute atomic E-state index is 0.848. The molecule has 0 radical (unpaired) electrons. The van der Waals surface area contributed by atoms with Crippen molar-refractivity contribution < 1.29 is 0 Å². The van der Waals surface area contributed by atoms with Crippen LogP contribution in [0.2, 0.25) is 0 Å². The predicted octanol–water partition coefficient (Wildman–Crippen LogP) is 3.42. The molecule has 1 aromatic rings. The van der Waals surface area contributed by atoms with Crippen molar-refractivity contribution in [3.05, 3.63) is 53.9 Å². The Morgan fingerprint density at radius 2 is 1.82 bits per heavy atom. The van der Waals surface area contributed by atoms with Crippen LogP contribution in [0.1, 0.15) is 25.7 Å². The van der Waals surface area contributed by atoms with Crippen LogP contribution in [0.15, 0.2) is 53.9 Å². The smallest absolute Gasteiger partial charge is 0.106 e. The van der Waals surface area contributed by atoms with Crippen molar-refractivity contribution in [1.29, 1.82) is 0 Å². The number of rotatable bonds is 2. The van der Waals surface area contributed by atoms with E-state index in [1.165, 1.54) is 24.0 Å². The van der Waals surface area contributed by atoms with E-state index in [2.05, 4.69) is 18.7 Å². The van der Waals surface area contributed by atoms with Crippen molar-refractivity contribution in [1.82, 2.24) is 0 Å². The summed E-state index contributed by atoms with van der Waals surface area (Å²) in [7, 11) is 2.01. The quantitative estimate of drug-likeness (QED) is 0.840. The van der Waals surface area contributed by atoms with E-state index in [9.17, 15) is 0 Å². The fraction of sp³-hybridized carbons (Fsp3) is 0.333. The summed E-state index contributed by atoms with van der Waals surface area (Å²) >= 11 is 0. The maximum absolute atomic E-state index is 6.26. The number of para-hydroxylation sites is 1. The standard InChI is InChI=1S/C15H20N2/c1-12-8-6-7-11-14(12)15(16)17(2)13-9-4-3-5-10-13/h3-5,9-10H,1,6-8,11,16H2,2H3/b15-14-. The lowest BCUT2D eigenvalue weighted by Gasteiger charge is -2.26. The maximum Gasteiger partial charge on any atom is 0.106 e. The van der Waals surface area contributed by atoms with Crippen LogP contribution in [0.5, 0.6) is 0 Å². The molecular formula is C15H20N2. The number of anilines is 1. The molecule has 0 spiro atoms. The number of hydrogen-bond acceptors (Lipinski definition) is 2. The summed E-state index contributed by atoms with van der Waals surface area (Å²) in [6.45, 7) is 4.13. The molecule has 90 valence electrons. The lowest BCUT2D eigenvalue weighted by Crippen LogP contribution is -2.26. The van der Waals surface area contributed by atoms with E-state index in [0.29, 0.717) is 0 Å². The van der Waals surface area contributed by atoms with Gasteiger partial charge in [-0.15, -0.1) is 0 Å². The number of benzene rings is 1. The molecule has 0 heterocycles. The monoisotopic (exact) mass is 228 g/mol. The Bertz CT molecular complexity index is 431. The molecule has 0 unspecified atom stereocenters. The third-order valence-electron chi connectivity index (χ3n) is 3.40. The van der Waals surface area contributed by atoms with Crippen molar-refractivity contribution in [3.8, 4) is 0 Å². The van der Waals surface area contributed by atoms with E-state index in [-0.39, 0.29) is 0 Å². The Morgan fingerprint density at radius 3 is 2.47 bits per heavy atom. The third-order valence-corrected chi connectivity index (χ3v) is 3.40. The van der Waals surface area contributed by atoms with E-state index >= 15 is 0 Å². The fourth-order valence-electron chi connectivity index (χ4n) is 2.27. The van der Waals surface area contributed by atoms with Gasteiger partial charge in [0.15, 0.2) is 0 Å². The van der Waals surface area contributed by atoms with Gasteiger partial charge in [0.25, 0.3) is 0 Å². The SMILES string of the molecule is C=C1CCCC/C1=C(\N)N(C)c1ccccc1. The van der Waals surface area contributed by atoms with Crippen LogP contribution in [-0.2, 0) is 0 Å². The van der Waals surface area contributed by atoms with Gasteiger partial charge in [0.1, 0.15) is 5.82 Å². The zero-order chi connectivity index (χ0) is 12.3. The van der Waals surface area contributed by atoms with Crippen LogP contribution in [0.3, 0.4) is 0 Å². The number of hydrogen-bond donors (Lipinski definition) is 1. The van der Waals surface area contributed by atoms with Crippen molar-refractivity contribution in [2.75, 3.05) is 11.9 Å². The van der Waals surface area contributed by atoms with E-state index in [1.54, 1.807) is 0 Å². The molecule has 1 aliphatic rings. The second-order valence-electron chi connectivity index (χ2n) is 4.57. The van der Waals surface area contributed by atoms with Gasteiger partial charge in [0.05, 0.1) is 0 Å². The number of allylic oxidation sites excluding steroid dienone is 2. The van der Waals surface area contributed by atoms with Gasteiger partial charge in [0.2, 0.25) is 0 Å². The molecule has 2 heteroatoms. The maximum atomic E-state index is 6.26. The molecule has 0 saturated heterocycles. The second kappa shape index (κ2) is 5.09. The molecule has 17 heavy (non-hydrogen) atoms.